The first kappa shape index (κ1) is 11.8. The summed E-state index contributed by atoms with van der Waals surface area (Å²) in [4.78, 5) is 4.00. The minimum absolute atomic E-state index is 0.767. The summed E-state index contributed by atoms with van der Waals surface area (Å²) in [5.74, 6) is 0. The van der Waals surface area contributed by atoms with E-state index in [1.165, 1.54) is 24.8 Å². The molecule has 2 aromatic heterocycles. The zero-order valence-electron chi connectivity index (χ0n) is 10.2. The average molecular weight is 230 g/mol. The van der Waals surface area contributed by atoms with Crippen LogP contribution in [-0.4, -0.2) is 20.0 Å². The fourth-order valence-corrected chi connectivity index (χ4v) is 1.76. The Hall–Kier alpha value is -1.71. The highest BCUT2D eigenvalue weighted by molar-refractivity contribution is 5.10. The van der Waals surface area contributed by atoms with Gasteiger partial charge in [0.2, 0.25) is 0 Å². The number of pyridine rings is 1. The third-order valence-electron chi connectivity index (χ3n) is 2.72. The van der Waals surface area contributed by atoms with Gasteiger partial charge in [0.1, 0.15) is 0 Å². The second-order valence-electron chi connectivity index (χ2n) is 4.22. The predicted octanol–water partition coefficient (Wildman–Crippen LogP) is 2.45. The Bertz CT molecular complexity index is 436. The van der Waals surface area contributed by atoms with Gasteiger partial charge < -0.3 is 0 Å². The van der Waals surface area contributed by atoms with Gasteiger partial charge in [0.25, 0.3) is 0 Å². The monoisotopic (exact) mass is 230 g/mol. The summed E-state index contributed by atoms with van der Waals surface area (Å²) in [5.41, 5.74) is 2.29. The molecule has 0 aliphatic carbocycles. The molecular formula is C13H18N4. The van der Waals surface area contributed by atoms with E-state index in [1.807, 2.05) is 23.0 Å². The first-order valence-corrected chi connectivity index (χ1v) is 6.16. The van der Waals surface area contributed by atoms with Crippen molar-refractivity contribution in [1.29, 1.82) is 0 Å². The number of hydrogen-bond acceptors (Lipinski definition) is 3. The summed E-state index contributed by atoms with van der Waals surface area (Å²) in [6.07, 6.45) is 10.4. The largest absolute Gasteiger partial charge is 0.265 e. The zero-order valence-corrected chi connectivity index (χ0v) is 10.2. The molecule has 0 saturated heterocycles. The predicted molar refractivity (Wildman–Crippen MR) is 66.6 cm³/mol. The number of aromatic nitrogens is 4. The van der Waals surface area contributed by atoms with Gasteiger partial charge in [-0.3, -0.25) is 4.98 Å². The van der Waals surface area contributed by atoms with Crippen LogP contribution in [0, 0.1) is 0 Å². The van der Waals surface area contributed by atoms with Crippen LogP contribution in [0.1, 0.15) is 37.4 Å². The summed E-state index contributed by atoms with van der Waals surface area (Å²) in [7, 11) is 0. The van der Waals surface area contributed by atoms with Crippen LogP contribution in [0.3, 0.4) is 0 Å². The van der Waals surface area contributed by atoms with Crippen LogP contribution in [0.4, 0.5) is 0 Å². The van der Waals surface area contributed by atoms with Gasteiger partial charge in [0, 0.05) is 18.6 Å². The lowest BCUT2D eigenvalue weighted by Crippen LogP contribution is -2.00. The van der Waals surface area contributed by atoms with E-state index in [9.17, 15) is 0 Å². The lowest BCUT2D eigenvalue weighted by atomic mass is 10.2. The van der Waals surface area contributed by atoms with Gasteiger partial charge in [-0.25, -0.2) is 4.68 Å². The Morgan fingerprint density at radius 2 is 2.00 bits per heavy atom. The van der Waals surface area contributed by atoms with Crippen molar-refractivity contribution in [2.75, 3.05) is 0 Å². The van der Waals surface area contributed by atoms with Crippen molar-refractivity contribution in [2.24, 2.45) is 0 Å². The highest BCUT2D eigenvalue weighted by atomic mass is 15.4. The van der Waals surface area contributed by atoms with E-state index in [1.54, 1.807) is 12.4 Å². The fourth-order valence-electron chi connectivity index (χ4n) is 1.76. The minimum Gasteiger partial charge on any atom is -0.265 e. The number of rotatable bonds is 6. The summed E-state index contributed by atoms with van der Waals surface area (Å²) >= 11 is 0. The Labute approximate surface area is 102 Å². The molecule has 2 rings (SSSR count). The SMILES string of the molecule is CCCCCc1cn(Cc2ccncc2)nn1. The lowest BCUT2D eigenvalue weighted by Gasteiger charge is -1.99. The van der Waals surface area contributed by atoms with Gasteiger partial charge in [-0.15, -0.1) is 5.10 Å². The quantitative estimate of drug-likeness (QED) is 0.716. The summed E-state index contributed by atoms with van der Waals surface area (Å²) in [6, 6.07) is 4.00. The zero-order chi connectivity index (χ0) is 11.9. The third kappa shape index (κ3) is 3.66. The number of aryl methyl sites for hydroxylation is 1. The van der Waals surface area contributed by atoms with Gasteiger partial charge in [-0.1, -0.05) is 25.0 Å². The van der Waals surface area contributed by atoms with Crippen LogP contribution in [0.15, 0.2) is 30.7 Å². The van der Waals surface area contributed by atoms with E-state index < -0.39 is 0 Å². The molecule has 0 unspecified atom stereocenters. The Morgan fingerprint density at radius 3 is 2.76 bits per heavy atom. The Balaban J connectivity index is 1.90. The van der Waals surface area contributed by atoms with Crippen LogP contribution in [0.2, 0.25) is 0 Å². The summed E-state index contributed by atoms with van der Waals surface area (Å²) in [5, 5.41) is 8.32. The van der Waals surface area contributed by atoms with Crippen molar-refractivity contribution < 1.29 is 0 Å². The molecule has 2 aromatic rings. The lowest BCUT2D eigenvalue weighted by molar-refractivity contribution is 0.648. The van der Waals surface area contributed by atoms with E-state index in [0.717, 1.165) is 18.7 Å². The topological polar surface area (TPSA) is 43.6 Å². The number of nitrogens with zero attached hydrogens (tertiary/aromatic N) is 4. The molecule has 0 atom stereocenters. The maximum Gasteiger partial charge on any atom is 0.0827 e. The smallest absolute Gasteiger partial charge is 0.0827 e. The molecule has 90 valence electrons. The third-order valence-corrected chi connectivity index (χ3v) is 2.72. The maximum absolute atomic E-state index is 4.18. The van der Waals surface area contributed by atoms with Crippen LogP contribution in [0.25, 0.3) is 0 Å². The molecule has 0 spiro atoms. The second-order valence-corrected chi connectivity index (χ2v) is 4.22. The molecule has 0 radical (unpaired) electrons. The Morgan fingerprint density at radius 1 is 1.18 bits per heavy atom. The van der Waals surface area contributed by atoms with Crippen molar-refractivity contribution in [3.63, 3.8) is 0 Å². The molecule has 0 aliphatic heterocycles. The molecule has 0 bridgehead atoms. The molecule has 17 heavy (non-hydrogen) atoms. The van der Waals surface area contributed by atoms with Crippen molar-refractivity contribution in [2.45, 2.75) is 39.2 Å². The first-order valence-electron chi connectivity index (χ1n) is 6.16. The Kier molecular flexibility index (Phi) is 4.24. The molecule has 2 heterocycles. The van der Waals surface area contributed by atoms with E-state index in [4.69, 9.17) is 0 Å². The second kappa shape index (κ2) is 6.13. The molecule has 0 aliphatic rings. The van der Waals surface area contributed by atoms with E-state index >= 15 is 0 Å². The average Bonchev–Trinajstić information content (AvgIpc) is 2.79. The molecule has 4 nitrogen and oxygen atoms in total. The van der Waals surface area contributed by atoms with Crippen LogP contribution < -0.4 is 0 Å². The highest BCUT2D eigenvalue weighted by Gasteiger charge is 2.01. The molecule has 0 amide bonds. The van der Waals surface area contributed by atoms with Crippen molar-refractivity contribution in [3.8, 4) is 0 Å². The van der Waals surface area contributed by atoms with Gasteiger partial charge in [0.15, 0.2) is 0 Å². The number of unbranched alkanes of at least 4 members (excludes halogenated alkanes) is 2. The maximum atomic E-state index is 4.18. The van der Waals surface area contributed by atoms with Gasteiger partial charge in [-0.05, 0) is 30.5 Å². The van der Waals surface area contributed by atoms with Crippen LogP contribution >= 0.6 is 0 Å². The van der Waals surface area contributed by atoms with E-state index in [2.05, 4.69) is 22.2 Å². The van der Waals surface area contributed by atoms with Crippen LogP contribution in [-0.2, 0) is 13.0 Å². The summed E-state index contributed by atoms with van der Waals surface area (Å²) in [6.45, 7) is 2.98. The molecule has 4 heteroatoms. The minimum atomic E-state index is 0.767. The van der Waals surface area contributed by atoms with Crippen molar-refractivity contribution in [3.05, 3.63) is 42.0 Å². The van der Waals surface area contributed by atoms with Crippen LogP contribution in [0.5, 0.6) is 0 Å². The van der Waals surface area contributed by atoms with Gasteiger partial charge in [0.05, 0.1) is 12.2 Å². The molecule has 0 fully saturated rings. The highest BCUT2D eigenvalue weighted by Crippen LogP contribution is 2.05. The van der Waals surface area contributed by atoms with Crippen molar-refractivity contribution >= 4 is 0 Å². The fraction of sp³-hybridized carbons (Fsp3) is 0.462. The first-order chi connectivity index (χ1) is 8.38. The summed E-state index contributed by atoms with van der Waals surface area (Å²) < 4.78 is 1.89. The molecule has 0 saturated carbocycles. The molecule has 0 N–H and O–H groups in total. The van der Waals surface area contributed by atoms with Gasteiger partial charge >= 0.3 is 0 Å². The van der Waals surface area contributed by atoms with E-state index in [-0.39, 0.29) is 0 Å². The number of hydrogen-bond donors (Lipinski definition) is 0. The van der Waals surface area contributed by atoms with Gasteiger partial charge in [-0.2, -0.15) is 0 Å². The normalized spacial score (nSPS) is 10.6. The molecular weight excluding hydrogens is 212 g/mol. The van der Waals surface area contributed by atoms with Crippen molar-refractivity contribution in [1.82, 2.24) is 20.0 Å². The van der Waals surface area contributed by atoms with E-state index in [0.29, 0.717) is 0 Å². The molecule has 0 aromatic carbocycles. The standard InChI is InChI=1S/C13H18N4/c1-2-3-4-5-13-11-17(16-15-13)10-12-6-8-14-9-7-12/h6-9,11H,2-5,10H2,1H3.